The molecule has 0 bridgehead atoms. The molecule has 7 nitrogen and oxygen atoms in total. The molecule has 0 amide bonds. The summed E-state index contributed by atoms with van der Waals surface area (Å²) in [5.74, 6) is -0.204. The average Bonchev–Trinajstić information content (AvgIpc) is 2.47. The van der Waals surface area contributed by atoms with Gasteiger partial charge in [-0.2, -0.15) is 4.99 Å². The maximum Gasteiger partial charge on any atom is 0.223 e. The van der Waals surface area contributed by atoms with Gasteiger partial charge < -0.3 is 22.1 Å². The lowest BCUT2D eigenvalue weighted by molar-refractivity contribution is 0.101. The highest BCUT2D eigenvalue weighted by Crippen LogP contribution is 2.32. The first-order chi connectivity index (χ1) is 10.5. The van der Waals surface area contributed by atoms with E-state index >= 15 is 0 Å². The lowest BCUT2D eigenvalue weighted by Crippen LogP contribution is -2.29. The van der Waals surface area contributed by atoms with Crippen LogP contribution in [0.2, 0.25) is 0 Å². The number of rotatable bonds is 3. The molecule has 0 aliphatic carbocycles. The van der Waals surface area contributed by atoms with E-state index in [-0.39, 0.29) is 17.7 Å². The van der Waals surface area contributed by atoms with E-state index in [4.69, 9.17) is 17.2 Å². The van der Waals surface area contributed by atoms with Crippen molar-refractivity contribution in [1.82, 2.24) is 0 Å². The Morgan fingerprint density at radius 3 is 2.41 bits per heavy atom. The van der Waals surface area contributed by atoms with Gasteiger partial charge in [-0.15, -0.1) is 0 Å². The Morgan fingerprint density at radius 1 is 1.14 bits per heavy atom. The Bertz CT molecular complexity index is 612. The number of carbonyl (C=O) groups excluding carboxylic acids is 1. The average molecular weight is 302 g/mol. The van der Waals surface area contributed by atoms with Crippen molar-refractivity contribution in [2.75, 3.05) is 18.0 Å². The Balaban J connectivity index is 2.43. The fourth-order valence-corrected chi connectivity index (χ4v) is 2.51. The van der Waals surface area contributed by atoms with Crippen molar-refractivity contribution in [3.05, 3.63) is 23.8 Å². The van der Waals surface area contributed by atoms with Gasteiger partial charge in [0.1, 0.15) is 0 Å². The number of Topliss-reactive ketones (excluding diaryl/α,β-unsaturated/α-hetero) is 1. The third-order valence-electron chi connectivity index (χ3n) is 3.56. The summed E-state index contributed by atoms with van der Waals surface area (Å²) in [6, 6.07) is 5.44. The molecular weight excluding hydrogens is 280 g/mol. The molecule has 0 saturated carbocycles. The standard InChI is InChI=1S/C15H22N6O/c1-10(22)11-5-6-13(21-7-3-2-4-8-21)12(9-11)19-15(18)20-14(16)17/h5-6,9H,2-4,7-8H2,1H3,(H6,16,17,18,19,20). The van der Waals surface area contributed by atoms with Gasteiger partial charge in [0.2, 0.25) is 5.96 Å². The lowest BCUT2D eigenvalue weighted by atomic mass is 10.1. The Morgan fingerprint density at radius 2 is 1.82 bits per heavy atom. The third kappa shape index (κ3) is 3.97. The van der Waals surface area contributed by atoms with Crippen molar-refractivity contribution in [1.29, 1.82) is 0 Å². The molecule has 6 N–H and O–H groups in total. The molecule has 1 aliphatic heterocycles. The Labute approximate surface area is 129 Å². The Kier molecular flexibility index (Phi) is 4.98. The number of nitrogens with two attached hydrogens (primary N) is 3. The number of piperidine rings is 1. The molecule has 7 heteroatoms. The zero-order valence-electron chi connectivity index (χ0n) is 12.7. The molecule has 1 saturated heterocycles. The fourth-order valence-electron chi connectivity index (χ4n) is 2.51. The largest absolute Gasteiger partial charge is 0.370 e. The minimum atomic E-state index is -0.150. The van der Waals surface area contributed by atoms with Gasteiger partial charge in [0, 0.05) is 18.7 Å². The van der Waals surface area contributed by atoms with Gasteiger partial charge in [0.25, 0.3) is 0 Å². The van der Waals surface area contributed by atoms with Gasteiger partial charge in [-0.1, -0.05) is 0 Å². The lowest BCUT2D eigenvalue weighted by Gasteiger charge is -2.29. The number of carbonyl (C=O) groups is 1. The number of aliphatic imine (C=N–C) groups is 2. The van der Waals surface area contributed by atoms with E-state index in [1.807, 2.05) is 12.1 Å². The normalized spacial score (nSPS) is 15.5. The monoisotopic (exact) mass is 302 g/mol. The molecule has 2 rings (SSSR count). The molecule has 0 aromatic heterocycles. The molecule has 1 aromatic carbocycles. The zero-order chi connectivity index (χ0) is 16.1. The van der Waals surface area contributed by atoms with Crippen LogP contribution < -0.4 is 22.1 Å². The van der Waals surface area contributed by atoms with Crippen molar-refractivity contribution in [2.45, 2.75) is 26.2 Å². The van der Waals surface area contributed by atoms with Gasteiger partial charge in [0.15, 0.2) is 11.7 Å². The zero-order valence-corrected chi connectivity index (χ0v) is 12.7. The van der Waals surface area contributed by atoms with Crippen LogP contribution in [0.4, 0.5) is 11.4 Å². The predicted molar refractivity (Wildman–Crippen MR) is 89.6 cm³/mol. The van der Waals surface area contributed by atoms with Crippen molar-refractivity contribution in [3.63, 3.8) is 0 Å². The van der Waals surface area contributed by atoms with Crippen LogP contribution in [0.5, 0.6) is 0 Å². The van der Waals surface area contributed by atoms with Gasteiger partial charge >= 0.3 is 0 Å². The molecule has 0 spiro atoms. The van der Waals surface area contributed by atoms with Gasteiger partial charge in [-0.05, 0) is 44.4 Å². The van der Waals surface area contributed by atoms with Gasteiger partial charge in [0.05, 0.1) is 11.4 Å². The number of guanidine groups is 2. The van der Waals surface area contributed by atoms with E-state index in [1.54, 1.807) is 6.07 Å². The molecule has 118 valence electrons. The van der Waals surface area contributed by atoms with Crippen LogP contribution in [0, 0.1) is 0 Å². The summed E-state index contributed by atoms with van der Waals surface area (Å²) >= 11 is 0. The second kappa shape index (κ2) is 6.93. The van der Waals surface area contributed by atoms with Gasteiger partial charge in [-0.3, -0.25) is 4.79 Å². The van der Waals surface area contributed by atoms with Crippen molar-refractivity contribution in [2.24, 2.45) is 27.2 Å². The molecule has 0 unspecified atom stereocenters. The predicted octanol–water partition coefficient (Wildman–Crippen LogP) is 1.10. The summed E-state index contributed by atoms with van der Waals surface area (Å²) < 4.78 is 0. The van der Waals surface area contributed by atoms with E-state index in [9.17, 15) is 4.79 Å². The highest BCUT2D eigenvalue weighted by Gasteiger charge is 2.16. The van der Waals surface area contributed by atoms with Gasteiger partial charge in [-0.25, -0.2) is 4.99 Å². The van der Waals surface area contributed by atoms with Crippen molar-refractivity contribution < 1.29 is 4.79 Å². The molecule has 1 fully saturated rings. The summed E-state index contributed by atoms with van der Waals surface area (Å²) in [6.07, 6.45) is 3.51. The summed E-state index contributed by atoms with van der Waals surface area (Å²) in [7, 11) is 0. The number of anilines is 1. The van der Waals surface area contributed by atoms with E-state index in [2.05, 4.69) is 14.9 Å². The van der Waals surface area contributed by atoms with Crippen LogP contribution in [0.15, 0.2) is 28.2 Å². The van der Waals surface area contributed by atoms with Crippen LogP contribution in [0.25, 0.3) is 0 Å². The number of nitrogens with zero attached hydrogens (tertiary/aromatic N) is 3. The minimum absolute atomic E-state index is 0.0259. The highest BCUT2D eigenvalue weighted by molar-refractivity contribution is 5.98. The maximum absolute atomic E-state index is 11.6. The molecule has 1 heterocycles. The molecule has 0 atom stereocenters. The summed E-state index contributed by atoms with van der Waals surface area (Å²) in [6.45, 7) is 3.44. The van der Waals surface area contributed by atoms with Crippen molar-refractivity contribution in [3.8, 4) is 0 Å². The third-order valence-corrected chi connectivity index (χ3v) is 3.56. The Hall–Kier alpha value is -2.57. The SMILES string of the molecule is CC(=O)c1ccc(N2CCCCC2)c(N=C(N)N=C(N)N)c1. The topological polar surface area (TPSA) is 123 Å². The molecule has 1 aliphatic rings. The minimum Gasteiger partial charge on any atom is -0.370 e. The summed E-state index contributed by atoms with van der Waals surface area (Å²) in [5.41, 5.74) is 18.5. The van der Waals surface area contributed by atoms with E-state index in [1.165, 1.54) is 13.3 Å². The molecular formula is C15H22N6O. The van der Waals surface area contributed by atoms with Crippen LogP contribution in [0.3, 0.4) is 0 Å². The van der Waals surface area contributed by atoms with E-state index in [0.29, 0.717) is 11.3 Å². The number of hydrogen-bond donors (Lipinski definition) is 3. The molecule has 1 aromatic rings. The number of ketones is 1. The van der Waals surface area contributed by atoms with Crippen molar-refractivity contribution >= 4 is 29.1 Å². The van der Waals surface area contributed by atoms with E-state index in [0.717, 1.165) is 31.6 Å². The second-order valence-electron chi connectivity index (χ2n) is 5.31. The number of benzene rings is 1. The number of hydrogen-bond acceptors (Lipinski definition) is 3. The highest BCUT2D eigenvalue weighted by atomic mass is 16.1. The summed E-state index contributed by atoms with van der Waals surface area (Å²) in [5, 5.41) is 0. The summed E-state index contributed by atoms with van der Waals surface area (Å²) in [4.78, 5) is 21.8. The van der Waals surface area contributed by atoms with Crippen LogP contribution in [-0.4, -0.2) is 30.8 Å². The maximum atomic E-state index is 11.6. The molecule has 22 heavy (non-hydrogen) atoms. The fraction of sp³-hybridized carbons (Fsp3) is 0.400. The van der Waals surface area contributed by atoms with Crippen LogP contribution in [0.1, 0.15) is 36.5 Å². The molecule has 0 radical (unpaired) electrons. The first kappa shape index (κ1) is 15.8. The second-order valence-corrected chi connectivity index (χ2v) is 5.31. The van der Waals surface area contributed by atoms with Crippen LogP contribution >= 0.6 is 0 Å². The smallest absolute Gasteiger partial charge is 0.223 e. The first-order valence-corrected chi connectivity index (χ1v) is 7.31. The van der Waals surface area contributed by atoms with E-state index < -0.39 is 0 Å². The first-order valence-electron chi connectivity index (χ1n) is 7.31. The quantitative estimate of drug-likeness (QED) is 0.438. The van der Waals surface area contributed by atoms with Crippen LogP contribution in [-0.2, 0) is 0 Å².